The van der Waals surface area contributed by atoms with Crippen LogP contribution in [0.1, 0.15) is 11.1 Å². The van der Waals surface area contributed by atoms with Gasteiger partial charge in [0.05, 0.1) is 5.69 Å². The smallest absolute Gasteiger partial charge is 0.407 e. The van der Waals surface area contributed by atoms with Crippen molar-refractivity contribution in [1.82, 2.24) is 15.3 Å². The highest BCUT2D eigenvalue weighted by atomic mass is 16.5. The highest BCUT2D eigenvalue weighted by Gasteiger charge is 2.08. The third-order valence-electron chi connectivity index (χ3n) is 3.48. The van der Waals surface area contributed by atoms with Crippen LogP contribution in [0.4, 0.5) is 4.79 Å². The number of hydrogen-bond acceptors (Lipinski definition) is 4. The van der Waals surface area contributed by atoms with Crippen LogP contribution in [0.5, 0.6) is 0 Å². The molecule has 1 N–H and O–H groups in total. The van der Waals surface area contributed by atoms with Crippen molar-refractivity contribution in [3.8, 4) is 11.3 Å². The molecule has 0 spiro atoms. The van der Waals surface area contributed by atoms with Crippen LogP contribution in [-0.2, 0) is 17.9 Å². The van der Waals surface area contributed by atoms with E-state index in [0.29, 0.717) is 6.54 Å². The summed E-state index contributed by atoms with van der Waals surface area (Å²) in [6, 6.07) is 17.1. The average Bonchev–Trinajstić information content (AvgIpc) is 2.66. The Morgan fingerprint density at radius 1 is 0.958 bits per heavy atom. The van der Waals surface area contributed by atoms with E-state index in [2.05, 4.69) is 15.3 Å². The minimum Gasteiger partial charge on any atom is -0.445 e. The van der Waals surface area contributed by atoms with Crippen LogP contribution in [0.3, 0.4) is 0 Å². The van der Waals surface area contributed by atoms with E-state index in [1.165, 1.54) is 0 Å². The van der Waals surface area contributed by atoms with Crippen LogP contribution in [0.2, 0.25) is 0 Å². The Morgan fingerprint density at radius 3 is 2.54 bits per heavy atom. The number of pyridine rings is 2. The lowest BCUT2D eigenvalue weighted by Gasteiger charge is -2.10. The van der Waals surface area contributed by atoms with E-state index in [9.17, 15) is 4.79 Å². The first kappa shape index (κ1) is 15.7. The topological polar surface area (TPSA) is 64.1 Å². The van der Waals surface area contributed by atoms with E-state index in [4.69, 9.17) is 4.74 Å². The second-order valence-electron chi connectivity index (χ2n) is 5.16. The van der Waals surface area contributed by atoms with Gasteiger partial charge in [0.2, 0.25) is 0 Å². The predicted octanol–water partition coefficient (Wildman–Crippen LogP) is 3.57. The number of nitrogens with one attached hydrogen (secondary N) is 1. The zero-order valence-corrected chi connectivity index (χ0v) is 13.1. The number of benzene rings is 1. The lowest BCUT2D eigenvalue weighted by molar-refractivity contribution is 0.139. The standard InChI is InChI=1S/C19H17N3O2/c23-19(24-14-15-5-2-1-3-6-15)22-13-17-7-4-10-21-18(17)16-8-11-20-12-9-16/h1-12H,13-14H2,(H,22,23). The Hall–Kier alpha value is -3.21. The maximum absolute atomic E-state index is 11.9. The number of amides is 1. The van der Waals surface area contributed by atoms with E-state index in [0.717, 1.165) is 22.4 Å². The predicted molar refractivity (Wildman–Crippen MR) is 90.9 cm³/mol. The van der Waals surface area contributed by atoms with Crippen molar-refractivity contribution >= 4 is 6.09 Å². The molecule has 5 nitrogen and oxygen atoms in total. The molecule has 1 amide bonds. The summed E-state index contributed by atoms with van der Waals surface area (Å²) in [5, 5.41) is 2.76. The first-order chi connectivity index (χ1) is 11.8. The molecule has 0 aliphatic carbocycles. The fourth-order valence-corrected chi connectivity index (χ4v) is 2.29. The largest absolute Gasteiger partial charge is 0.445 e. The number of ether oxygens (including phenoxy) is 1. The SMILES string of the molecule is O=C(NCc1cccnc1-c1ccncc1)OCc1ccccc1. The zero-order valence-electron chi connectivity index (χ0n) is 13.1. The van der Waals surface area contributed by atoms with Gasteiger partial charge in [-0.05, 0) is 29.3 Å². The Labute approximate surface area is 140 Å². The van der Waals surface area contributed by atoms with E-state index in [1.807, 2.05) is 54.6 Å². The molecule has 0 saturated carbocycles. The molecule has 0 saturated heterocycles. The summed E-state index contributed by atoms with van der Waals surface area (Å²) in [4.78, 5) is 20.3. The van der Waals surface area contributed by atoms with Crippen molar-refractivity contribution in [1.29, 1.82) is 0 Å². The van der Waals surface area contributed by atoms with Gasteiger partial charge in [-0.25, -0.2) is 4.79 Å². The van der Waals surface area contributed by atoms with Crippen LogP contribution < -0.4 is 5.32 Å². The molecule has 1 aromatic carbocycles. The molecule has 0 bridgehead atoms. The molecule has 24 heavy (non-hydrogen) atoms. The van der Waals surface area contributed by atoms with Crippen molar-refractivity contribution in [3.63, 3.8) is 0 Å². The van der Waals surface area contributed by atoms with E-state index < -0.39 is 6.09 Å². The summed E-state index contributed by atoms with van der Waals surface area (Å²) < 4.78 is 5.21. The van der Waals surface area contributed by atoms with Gasteiger partial charge in [-0.1, -0.05) is 36.4 Å². The van der Waals surface area contributed by atoms with Crippen LogP contribution in [0.15, 0.2) is 73.2 Å². The summed E-state index contributed by atoms with van der Waals surface area (Å²) >= 11 is 0. The minimum atomic E-state index is -0.455. The number of carbonyl (C=O) groups excluding carboxylic acids is 1. The summed E-state index contributed by atoms with van der Waals surface area (Å²) in [6.45, 7) is 0.593. The number of alkyl carbamates (subject to hydrolysis) is 1. The highest BCUT2D eigenvalue weighted by molar-refractivity contribution is 5.68. The van der Waals surface area contributed by atoms with Crippen LogP contribution in [0.25, 0.3) is 11.3 Å². The molecule has 120 valence electrons. The molecule has 0 atom stereocenters. The Balaban J connectivity index is 1.60. The van der Waals surface area contributed by atoms with Gasteiger partial charge in [0.15, 0.2) is 0 Å². The van der Waals surface area contributed by atoms with Crippen LogP contribution in [-0.4, -0.2) is 16.1 Å². The van der Waals surface area contributed by atoms with E-state index in [1.54, 1.807) is 18.6 Å². The van der Waals surface area contributed by atoms with Crippen LogP contribution in [0, 0.1) is 0 Å². The summed E-state index contributed by atoms with van der Waals surface area (Å²) in [6.07, 6.45) is 4.71. The number of carbonyl (C=O) groups is 1. The monoisotopic (exact) mass is 319 g/mol. The van der Waals surface area contributed by atoms with Gasteiger partial charge < -0.3 is 10.1 Å². The second kappa shape index (κ2) is 7.87. The first-order valence-electron chi connectivity index (χ1n) is 7.62. The molecule has 2 heterocycles. The molecule has 5 heteroatoms. The fraction of sp³-hybridized carbons (Fsp3) is 0.105. The van der Waals surface area contributed by atoms with Gasteiger partial charge in [-0.2, -0.15) is 0 Å². The quantitative estimate of drug-likeness (QED) is 0.781. The van der Waals surface area contributed by atoms with Crippen LogP contribution >= 0.6 is 0 Å². The molecule has 3 rings (SSSR count). The van der Waals surface area contributed by atoms with E-state index in [-0.39, 0.29) is 6.61 Å². The highest BCUT2D eigenvalue weighted by Crippen LogP contribution is 2.20. The average molecular weight is 319 g/mol. The van der Waals surface area contributed by atoms with Gasteiger partial charge in [0.25, 0.3) is 0 Å². The number of aromatic nitrogens is 2. The second-order valence-corrected chi connectivity index (χ2v) is 5.16. The molecule has 0 fully saturated rings. The Bertz CT molecular complexity index is 792. The lowest BCUT2D eigenvalue weighted by atomic mass is 10.1. The molecule has 0 aliphatic rings. The van der Waals surface area contributed by atoms with Gasteiger partial charge in [-0.3, -0.25) is 9.97 Å². The molecule has 0 unspecified atom stereocenters. The molecule has 3 aromatic rings. The Morgan fingerprint density at radius 2 is 1.75 bits per heavy atom. The summed E-state index contributed by atoms with van der Waals surface area (Å²) in [5.74, 6) is 0. The third-order valence-corrected chi connectivity index (χ3v) is 3.48. The summed E-state index contributed by atoms with van der Waals surface area (Å²) in [5.41, 5.74) is 3.65. The third kappa shape index (κ3) is 4.16. The maximum atomic E-state index is 11.9. The lowest BCUT2D eigenvalue weighted by Crippen LogP contribution is -2.24. The van der Waals surface area contributed by atoms with Gasteiger partial charge in [-0.15, -0.1) is 0 Å². The zero-order chi connectivity index (χ0) is 16.6. The van der Waals surface area contributed by atoms with Crippen molar-refractivity contribution < 1.29 is 9.53 Å². The fourth-order valence-electron chi connectivity index (χ4n) is 2.29. The van der Waals surface area contributed by atoms with E-state index >= 15 is 0 Å². The molecule has 0 aliphatic heterocycles. The number of hydrogen-bond donors (Lipinski definition) is 1. The molecular formula is C19H17N3O2. The van der Waals surface area contributed by atoms with Gasteiger partial charge in [0.1, 0.15) is 6.61 Å². The molecule has 2 aromatic heterocycles. The van der Waals surface area contributed by atoms with Crippen molar-refractivity contribution in [2.45, 2.75) is 13.2 Å². The van der Waals surface area contributed by atoms with Crippen molar-refractivity contribution in [2.75, 3.05) is 0 Å². The van der Waals surface area contributed by atoms with Gasteiger partial charge >= 0.3 is 6.09 Å². The number of nitrogens with zero attached hydrogens (tertiary/aromatic N) is 2. The normalized spacial score (nSPS) is 10.2. The first-order valence-corrected chi connectivity index (χ1v) is 7.62. The van der Waals surface area contributed by atoms with Gasteiger partial charge in [0, 0.05) is 30.7 Å². The minimum absolute atomic E-state index is 0.247. The van der Waals surface area contributed by atoms with Crippen molar-refractivity contribution in [2.24, 2.45) is 0 Å². The number of rotatable bonds is 5. The molecule has 0 radical (unpaired) electrons. The Kier molecular flexibility index (Phi) is 5.14. The summed E-state index contributed by atoms with van der Waals surface area (Å²) in [7, 11) is 0. The van der Waals surface area contributed by atoms with Crippen molar-refractivity contribution in [3.05, 3.63) is 84.3 Å². The molecular weight excluding hydrogens is 302 g/mol. The maximum Gasteiger partial charge on any atom is 0.407 e.